The first-order chi connectivity index (χ1) is 8.06. The SMILES string of the molecule is Oc1cc(F)ccc1Cc1ccc(F)cc1O. The third-order valence-electron chi connectivity index (χ3n) is 2.48. The van der Waals surface area contributed by atoms with Crippen LogP contribution in [0.1, 0.15) is 11.1 Å². The number of aromatic hydroxyl groups is 2. The topological polar surface area (TPSA) is 40.5 Å². The van der Waals surface area contributed by atoms with E-state index in [2.05, 4.69) is 0 Å². The highest BCUT2D eigenvalue weighted by molar-refractivity contribution is 5.41. The van der Waals surface area contributed by atoms with Crippen molar-refractivity contribution < 1.29 is 19.0 Å². The molecule has 2 N–H and O–H groups in total. The number of phenols is 2. The van der Waals surface area contributed by atoms with Crippen molar-refractivity contribution in [1.29, 1.82) is 0 Å². The van der Waals surface area contributed by atoms with Crippen molar-refractivity contribution in [2.75, 3.05) is 0 Å². The summed E-state index contributed by atoms with van der Waals surface area (Å²) in [5.41, 5.74) is 0.932. The average Bonchev–Trinajstić information content (AvgIpc) is 2.25. The van der Waals surface area contributed by atoms with Gasteiger partial charge in [-0.05, 0) is 23.3 Å². The highest BCUT2D eigenvalue weighted by Gasteiger charge is 2.08. The molecule has 0 aliphatic rings. The van der Waals surface area contributed by atoms with Crippen LogP contribution in [0.2, 0.25) is 0 Å². The van der Waals surface area contributed by atoms with Gasteiger partial charge in [0, 0.05) is 18.6 Å². The first-order valence-electron chi connectivity index (χ1n) is 5.01. The molecule has 0 bridgehead atoms. The Balaban J connectivity index is 2.31. The van der Waals surface area contributed by atoms with E-state index in [0.29, 0.717) is 11.1 Å². The van der Waals surface area contributed by atoms with Crippen LogP contribution in [0.3, 0.4) is 0 Å². The van der Waals surface area contributed by atoms with Crippen molar-refractivity contribution in [2.45, 2.75) is 6.42 Å². The molecule has 4 heteroatoms. The Morgan fingerprint density at radius 3 is 1.53 bits per heavy atom. The van der Waals surface area contributed by atoms with Crippen LogP contribution < -0.4 is 0 Å². The zero-order chi connectivity index (χ0) is 12.4. The minimum absolute atomic E-state index is 0.186. The van der Waals surface area contributed by atoms with Gasteiger partial charge in [-0.25, -0.2) is 8.78 Å². The molecular formula is C13H10F2O2. The minimum Gasteiger partial charge on any atom is -0.508 e. The van der Waals surface area contributed by atoms with E-state index in [1.54, 1.807) is 0 Å². The molecule has 0 saturated carbocycles. The van der Waals surface area contributed by atoms with Crippen LogP contribution in [0.25, 0.3) is 0 Å². The number of hydrogen-bond donors (Lipinski definition) is 2. The van der Waals surface area contributed by atoms with Gasteiger partial charge in [0.2, 0.25) is 0 Å². The Hall–Kier alpha value is -2.10. The summed E-state index contributed by atoms with van der Waals surface area (Å²) in [6.45, 7) is 0. The van der Waals surface area contributed by atoms with Crippen molar-refractivity contribution in [3.63, 3.8) is 0 Å². The number of halogens is 2. The number of benzene rings is 2. The third-order valence-corrected chi connectivity index (χ3v) is 2.48. The lowest BCUT2D eigenvalue weighted by molar-refractivity contribution is 0.457. The van der Waals surface area contributed by atoms with E-state index in [-0.39, 0.29) is 17.9 Å². The van der Waals surface area contributed by atoms with Crippen molar-refractivity contribution in [2.24, 2.45) is 0 Å². The van der Waals surface area contributed by atoms with E-state index >= 15 is 0 Å². The Morgan fingerprint density at radius 2 is 1.18 bits per heavy atom. The molecule has 0 atom stereocenters. The maximum atomic E-state index is 12.8. The van der Waals surface area contributed by atoms with Crippen molar-refractivity contribution in [1.82, 2.24) is 0 Å². The van der Waals surface area contributed by atoms with E-state index in [1.165, 1.54) is 24.3 Å². The Kier molecular flexibility index (Phi) is 2.95. The molecule has 0 amide bonds. The highest BCUT2D eigenvalue weighted by Crippen LogP contribution is 2.26. The first-order valence-corrected chi connectivity index (χ1v) is 5.01. The van der Waals surface area contributed by atoms with Crippen molar-refractivity contribution in [3.8, 4) is 11.5 Å². The number of hydrogen-bond acceptors (Lipinski definition) is 2. The van der Waals surface area contributed by atoms with Crippen molar-refractivity contribution >= 4 is 0 Å². The largest absolute Gasteiger partial charge is 0.508 e. The lowest BCUT2D eigenvalue weighted by atomic mass is 10.0. The summed E-state index contributed by atoms with van der Waals surface area (Å²) in [5, 5.41) is 19.0. The first kappa shape index (κ1) is 11.4. The molecule has 0 saturated heterocycles. The normalized spacial score (nSPS) is 10.5. The van der Waals surface area contributed by atoms with E-state index < -0.39 is 11.6 Å². The summed E-state index contributed by atoms with van der Waals surface area (Å²) in [4.78, 5) is 0. The van der Waals surface area contributed by atoms with Gasteiger partial charge >= 0.3 is 0 Å². The molecule has 0 aromatic heterocycles. The second-order valence-electron chi connectivity index (χ2n) is 3.72. The molecule has 2 aromatic rings. The molecule has 0 heterocycles. The molecule has 2 aromatic carbocycles. The van der Waals surface area contributed by atoms with E-state index in [4.69, 9.17) is 0 Å². The Morgan fingerprint density at radius 1 is 0.765 bits per heavy atom. The minimum atomic E-state index is -0.533. The van der Waals surface area contributed by atoms with Gasteiger partial charge in [0.15, 0.2) is 0 Å². The van der Waals surface area contributed by atoms with Crippen LogP contribution >= 0.6 is 0 Å². The average molecular weight is 236 g/mol. The maximum Gasteiger partial charge on any atom is 0.126 e. The summed E-state index contributed by atoms with van der Waals surface area (Å²) >= 11 is 0. The van der Waals surface area contributed by atoms with Gasteiger partial charge < -0.3 is 10.2 Å². The standard InChI is InChI=1S/C13H10F2O2/c14-10-3-1-8(12(16)6-10)5-9-2-4-11(15)7-13(9)17/h1-4,6-7,16-17H,5H2. The summed E-state index contributed by atoms with van der Waals surface area (Å²) in [6.07, 6.45) is 0.207. The predicted molar refractivity (Wildman–Crippen MR) is 58.9 cm³/mol. The van der Waals surface area contributed by atoms with Gasteiger partial charge in [0.05, 0.1) is 0 Å². The van der Waals surface area contributed by atoms with Crippen LogP contribution in [-0.2, 0) is 6.42 Å². The molecule has 0 unspecified atom stereocenters. The Labute approximate surface area is 96.8 Å². The fraction of sp³-hybridized carbons (Fsp3) is 0.0769. The molecule has 0 spiro atoms. The second kappa shape index (κ2) is 4.41. The molecule has 88 valence electrons. The summed E-state index contributed by atoms with van der Waals surface area (Å²) in [7, 11) is 0. The highest BCUT2D eigenvalue weighted by atomic mass is 19.1. The molecule has 0 aliphatic heterocycles. The molecule has 0 aliphatic carbocycles. The zero-order valence-electron chi connectivity index (χ0n) is 8.82. The molecule has 0 fully saturated rings. The van der Waals surface area contributed by atoms with Gasteiger partial charge in [0.25, 0.3) is 0 Å². The molecular weight excluding hydrogens is 226 g/mol. The van der Waals surface area contributed by atoms with Crippen LogP contribution in [0.4, 0.5) is 8.78 Å². The van der Waals surface area contributed by atoms with E-state index in [1.807, 2.05) is 0 Å². The number of phenolic OH excluding ortho intramolecular Hbond substituents is 2. The molecule has 2 rings (SSSR count). The van der Waals surface area contributed by atoms with Crippen molar-refractivity contribution in [3.05, 3.63) is 59.2 Å². The van der Waals surface area contributed by atoms with Crippen LogP contribution in [-0.4, -0.2) is 10.2 Å². The van der Waals surface area contributed by atoms with Gasteiger partial charge in [-0.15, -0.1) is 0 Å². The number of rotatable bonds is 2. The lowest BCUT2D eigenvalue weighted by Gasteiger charge is -2.06. The lowest BCUT2D eigenvalue weighted by Crippen LogP contribution is -1.91. The van der Waals surface area contributed by atoms with Gasteiger partial charge in [-0.2, -0.15) is 0 Å². The van der Waals surface area contributed by atoms with Crippen LogP contribution in [0, 0.1) is 11.6 Å². The Bertz CT molecular complexity index is 504. The van der Waals surface area contributed by atoms with Gasteiger partial charge in [-0.1, -0.05) is 12.1 Å². The molecule has 2 nitrogen and oxygen atoms in total. The maximum absolute atomic E-state index is 12.8. The monoisotopic (exact) mass is 236 g/mol. The zero-order valence-corrected chi connectivity index (χ0v) is 8.82. The summed E-state index contributed by atoms with van der Waals surface area (Å²) < 4.78 is 25.5. The molecule has 0 radical (unpaired) electrons. The predicted octanol–water partition coefficient (Wildman–Crippen LogP) is 2.97. The molecule has 17 heavy (non-hydrogen) atoms. The summed E-state index contributed by atoms with van der Waals surface area (Å²) in [5.74, 6) is -1.44. The van der Waals surface area contributed by atoms with Gasteiger partial charge in [0.1, 0.15) is 23.1 Å². The second-order valence-corrected chi connectivity index (χ2v) is 3.72. The van der Waals surface area contributed by atoms with Crippen LogP contribution in [0.15, 0.2) is 36.4 Å². The summed E-state index contributed by atoms with van der Waals surface area (Å²) in [6, 6.07) is 7.28. The van der Waals surface area contributed by atoms with Crippen LogP contribution in [0.5, 0.6) is 11.5 Å². The van der Waals surface area contributed by atoms with E-state index in [0.717, 1.165) is 12.1 Å². The smallest absolute Gasteiger partial charge is 0.126 e. The fourth-order valence-electron chi connectivity index (χ4n) is 1.58. The quantitative estimate of drug-likeness (QED) is 0.841. The third kappa shape index (κ3) is 2.53. The fourth-order valence-corrected chi connectivity index (χ4v) is 1.58. The van der Waals surface area contributed by atoms with Gasteiger partial charge in [-0.3, -0.25) is 0 Å². The van der Waals surface area contributed by atoms with E-state index in [9.17, 15) is 19.0 Å².